The smallest absolute Gasteiger partial charge is 0.0490 e. The molecule has 0 fully saturated rings. The highest BCUT2D eigenvalue weighted by Gasteiger charge is 2.14. The van der Waals surface area contributed by atoms with Crippen molar-refractivity contribution in [1.82, 2.24) is 0 Å². The van der Waals surface area contributed by atoms with Gasteiger partial charge in [0.15, 0.2) is 0 Å². The van der Waals surface area contributed by atoms with Crippen molar-refractivity contribution in [1.29, 1.82) is 0 Å². The molecule has 0 radical (unpaired) electrons. The van der Waals surface area contributed by atoms with Gasteiger partial charge in [0.05, 0.1) is 0 Å². The highest BCUT2D eigenvalue weighted by molar-refractivity contribution is 5.81. The minimum absolute atomic E-state index is 0.108. The van der Waals surface area contributed by atoms with Crippen molar-refractivity contribution >= 4 is 29.4 Å². The zero-order valence-electron chi connectivity index (χ0n) is 27.8. The van der Waals surface area contributed by atoms with E-state index in [2.05, 4.69) is 169 Å². The lowest BCUT2D eigenvalue weighted by Crippen LogP contribution is -2.11. The summed E-state index contributed by atoms with van der Waals surface area (Å²) in [6.07, 6.45) is 27.3. The van der Waals surface area contributed by atoms with Crippen LogP contribution >= 0.6 is 0 Å². The molecule has 4 aromatic carbocycles. The van der Waals surface area contributed by atoms with Gasteiger partial charge in [0.2, 0.25) is 0 Å². The third kappa shape index (κ3) is 8.65. The lowest BCUT2D eigenvalue weighted by atomic mass is 9.92. The van der Waals surface area contributed by atoms with Gasteiger partial charge in [0.1, 0.15) is 0 Å². The minimum atomic E-state index is 0.108. The number of rotatable bonds is 12. The lowest BCUT2D eigenvalue weighted by molar-refractivity contribution is 0.987. The summed E-state index contributed by atoms with van der Waals surface area (Å²) in [5.41, 5.74) is 17.4. The van der Waals surface area contributed by atoms with Gasteiger partial charge in [-0.15, -0.1) is 0 Å². The average molecular weight is 626 g/mol. The molecular weight excluding hydrogens is 583 g/mol. The molecule has 0 heterocycles. The molecule has 5 rings (SSSR count). The molecule has 3 heteroatoms. The molecule has 1 atom stereocenters. The fraction of sp³-hybridized carbons (Fsp3) is 0.0889. The van der Waals surface area contributed by atoms with Crippen molar-refractivity contribution < 1.29 is 0 Å². The van der Waals surface area contributed by atoms with Crippen molar-refractivity contribution in [3.05, 3.63) is 205 Å². The fourth-order valence-corrected chi connectivity index (χ4v) is 5.66. The summed E-state index contributed by atoms with van der Waals surface area (Å²) in [5.74, 6) is 0.108. The molecule has 0 amide bonds. The topological polar surface area (TPSA) is 41.6 Å². The number of aliphatic imine (C=N–C) groups is 1. The van der Waals surface area contributed by atoms with E-state index in [-0.39, 0.29) is 5.92 Å². The first-order valence-corrected chi connectivity index (χ1v) is 16.3. The number of anilines is 3. The van der Waals surface area contributed by atoms with Crippen LogP contribution in [0.1, 0.15) is 24.5 Å². The summed E-state index contributed by atoms with van der Waals surface area (Å²) in [4.78, 5) is 6.32. The highest BCUT2D eigenvalue weighted by Crippen LogP contribution is 2.37. The van der Waals surface area contributed by atoms with E-state index in [1.807, 2.05) is 37.4 Å². The molecule has 0 bridgehead atoms. The molecule has 1 aliphatic carbocycles. The van der Waals surface area contributed by atoms with Crippen LogP contribution in [0.4, 0.5) is 17.1 Å². The Morgan fingerprint density at radius 1 is 0.833 bits per heavy atom. The SMILES string of the molecule is C=N/C=C1/C=CC=CC1/C=C/C(=C\C(=C/N)C/C=C\C=C/C)c1ccc(-c2ccc(N(c3ccccc3)c3ccccc3C)cc2)cc1. The van der Waals surface area contributed by atoms with Crippen LogP contribution in [0.3, 0.4) is 0 Å². The van der Waals surface area contributed by atoms with Gasteiger partial charge >= 0.3 is 0 Å². The van der Waals surface area contributed by atoms with Crippen molar-refractivity contribution in [3.8, 4) is 11.1 Å². The normalized spacial score (nSPS) is 16.0. The summed E-state index contributed by atoms with van der Waals surface area (Å²) < 4.78 is 0. The Kier molecular flexibility index (Phi) is 11.9. The van der Waals surface area contributed by atoms with Crippen LogP contribution in [0.5, 0.6) is 0 Å². The molecule has 0 spiro atoms. The number of para-hydroxylation sites is 2. The molecule has 0 saturated heterocycles. The molecule has 4 aromatic rings. The fourth-order valence-electron chi connectivity index (χ4n) is 5.66. The molecule has 48 heavy (non-hydrogen) atoms. The van der Waals surface area contributed by atoms with Gasteiger partial charge in [-0.05, 0) is 109 Å². The molecule has 0 aromatic heterocycles. The van der Waals surface area contributed by atoms with Crippen molar-refractivity contribution in [2.45, 2.75) is 20.3 Å². The van der Waals surface area contributed by atoms with E-state index < -0.39 is 0 Å². The molecule has 0 saturated carbocycles. The van der Waals surface area contributed by atoms with Crippen LogP contribution in [-0.2, 0) is 0 Å². The Hall–Kier alpha value is -5.93. The Labute approximate surface area is 286 Å². The number of allylic oxidation sites excluding steroid dienone is 14. The van der Waals surface area contributed by atoms with E-state index in [4.69, 9.17) is 5.73 Å². The standard InChI is InChI=1S/C45H43N3/c1-4-5-6-8-16-36(33-46)32-41(27-26-37-17-12-13-18-42(37)34-47-3)40-24-22-38(23-25-40)39-28-30-44(31-29-39)48(43-19-9-7-10-20-43)45-21-14-11-15-35(45)2/h4-15,17-34,37H,3,16,46H2,1-2H3/b5-4-,8-6-,27-26+,36-33-,41-32+,42-34-. The van der Waals surface area contributed by atoms with Gasteiger partial charge in [0, 0.05) is 29.2 Å². The summed E-state index contributed by atoms with van der Waals surface area (Å²) >= 11 is 0. The third-order valence-electron chi connectivity index (χ3n) is 8.22. The van der Waals surface area contributed by atoms with Crippen LogP contribution in [0.25, 0.3) is 16.7 Å². The van der Waals surface area contributed by atoms with Gasteiger partial charge in [0.25, 0.3) is 0 Å². The summed E-state index contributed by atoms with van der Waals surface area (Å²) in [6, 6.07) is 36.6. The van der Waals surface area contributed by atoms with Crippen molar-refractivity contribution in [2.75, 3.05) is 4.90 Å². The Balaban J connectivity index is 1.44. The summed E-state index contributed by atoms with van der Waals surface area (Å²) in [6.45, 7) is 7.81. The van der Waals surface area contributed by atoms with Crippen molar-refractivity contribution in [3.63, 3.8) is 0 Å². The van der Waals surface area contributed by atoms with Gasteiger partial charge < -0.3 is 10.6 Å². The molecule has 1 unspecified atom stereocenters. The number of hydrogen-bond acceptors (Lipinski definition) is 3. The maximum absolute atomic E-state index is 6.10. The van der Waals surface area contributed by atoms with Crippen LogP contribution in [0.15, 0.2) is 199 Å². The molecule has 0 aliphatic heterocycles. The van der Waals surface area contributed by atoms with E-state index in [1.165, 1.54) is 11.3 Å². The zero-order valence-corrected chi connectivity index (χ0v) is 27.8. The number of aryl methyl sites for hydroxylation is 1. The predicted molar refractivity (Wildman–Crippen MR) is 209 cm³/mol. The molecule has 3 nitrogen and oxygen atoms in total. The average Bonchev–Trinajstić information content (AvgIpc) is 3.13. The second kappa shape index (κ2) is 17.1. The van der Waals surface area contributed by atoms with Crippen molar-refractivity contribution in [2.24, 2.45) is 16.6 Å². The number of benzene rings is 4. The van der Waals surface area contributed by atoms with Crippen LogP contribution < -0.4 is 10.6 Å². The van der Waals surface area contributed by atoms with Gasteiger partial charge in [-0.2, -0.15) is 0 Å². The minimum Gasteiger partial charge on any atom is -0.404 e. The van der Waals surface area contributed by atoms with E-state index >= 15 is 0 Å². The number of nitrogens with two attached hydrogens (primary N) is 1. The van der Waals surface area contributed by atoms with E-state index in [0.29, 0.717) is 0 Å². The zero-order chi connectivity index (χ0) is 33.6. The molecular formula is C45H43N3. The van der Waals surface area contributed by atoms with E-state index in [0.717, 1.165) is 51.2 Å². The second-order valence-electron chi connectivity index (χ2n) is 11.5. The lowest BCUT2D eigenvalue weighted by Gasteiger charge is -2.27. The predicted octanol–water partition coefficient (Wildman–Crippen LogP) is 11.8. The maximum atomic E-state index is 6.10. The largest absolute Gasteiger partial charge is 0.404 e. The van der Waals surface area contributed by atoms with Gasteiger partial charge in [-0.25, -0.2) is 0 Å². The highest BCUT2D eigenvalue weighted by atomic mass is 15.1. The number of hydrogen-bond donors (Lipinski definition) is 1. The van der Waals surface area contributed by atoms with Gasteiger partial charge in [-0.1, -0.05) is 134 Å². The number of nitrogens with zero attached hydrogens (tertiary/aromatic N) is 2. The second-order valence-corrected chi connectivity index (χ2v) is 11.5. The van der Waals surface area contributed by atoms with E-state index in [9.17, 15) is 0 Å². The maximum Gasteiger partial charge on any atom is 0.0490 e. The van der Waals surface area contributed by atoms with Crippen LogP contribution in [-0.4, -0.2) is 6.72 Å². The molecule has 1 aliphatic rings. The first-order chi connectivity index (χ1) is 23.6. The monoisotopic (exact) mass is 625 g/mol. The Morgan fingerprint density at radius 2 is 1.52 bits per heavy atom. The Bertz CT molecular complexity index is 1910. The van der Waals surface area contributed by atoms with E-state index in [1.54, 1.807) is 6.20 Å². The third-order valence-corrected chi connectivity index (χ3v) is 8.22. The van der Waals surface area contributed by atoms with Gasteiger partial charge in [-0.3, -0.25) is 4.99 Å². The molecule has 2 N–H and O–H groups in total. The first-order valence-electron chi connectivity index (χ1n) is 16.3. The van der Waals surface area contributed by atoms with Crippen LogP contribution in [0, 0.1) is 12.8 Å². The summed E-state index contributed by atoms with van der Waals surface area (Å²) in [7, 11) is 0. The first kappa shape index (κ1) is 33.4. The molecule has 238 valence electrons. The quantitative estimate of drug-likeness (QED) is 0.126. The Morgan fingerprint density at radius 3 is 2.21 bits per heavy atom. The summed E-state index contributed by atoms with van der Waals surface area (Å²) in [5, 5.41) is 0. The van der Waals surface area contributed by atoms with Crippen LogP contribution in [0.2, 0.25) is 0 Å².